The Morgan fingerprint density at radius 3 is 2.91 bits per heavy atom. The van der Waals surface area contributed by atoms with Gasteiger partial charge in [0.2, 0.25) is 0 Å². The van der Waals surface area contributed by atoms with Crippen LogP contribution in [0, 0.1) is 0 Å². The van der Waals surface area contributed by atoms with E-state index in [1.54, 1.807) is 36.4 Å². The molecule has 0 atom stereocenters. The van der Waals surface area contributed by atoms with Crippen molar-refractivity contribution in [1.29, 1.82) is 0 Å². The van der Waals surface area contributed by atoms with E-state index in [4.69, 9.17) is 21.1 Å². The van der Waals surface area contributed by atoms with E-state index in [9.17, 15) is 9.90 Å². The van der Waals surface area contributed by atoms with Crippen LogP contribution < -0.4 is 14.9 Å². The standard InChI is InChI=1S/C16H15ClN2O4/c1-22-15-7-11(5-6-14(15)20)9-18-19-16(21)10-23-13-4-2-3-12(17)8-13/h2-9,20H,10H2,1H3,(H,19,21). The lowest BCUT2D eigenvalue weighted by Crippen LogP contribution is -2.24. The van der Waals surface area contributed by atoms with Gasteiger partial charge in [-0.25, -0.2) is 5.43 Å². The lowest BCUT2D eigenvalue weighted by atomic mass is 10.2. The highest BCUT2D eigenvalue weighted by atomic mass is 35.5. The summed E-state index contributed by atoms with van der Waals surface area (Å²) in [5.74, 6) is 0.444. The summed E-state index contributed by atoms with van der Waals surface area (Å²) in [6.45, 7) is -0.184. The molecule has 1 amide bonds. The molecule has 0 saturated heterocycles. The van der Waals surface area contributed by atoms with Crippen molar-refractivity contribution in [2.45, 2.75) is 0 Å². The van der Waals surface area contributed by atoms with E-state index in [1.165, 1.54) is 19.4 Å². The van der Waals surface area contributed by atoms with Crippen molar-refractivity contribution in [2.24, 2.45) is 5.10 Å². The second kappa shape index (κ2) is 8.05. The first-order valence-corrected chi connectivity index (χ1v) is 7.03. The number of carbonyl (C=O) groups is 1. The highest BCUT2D eigenvalue weighted by molar-refractivity contribution is 6.30. The predicted octanol–water partition coefficient (Wildman–Crippen LogP) is 2.58. The number of carbonyl (C=O) groups excluding carboxylic acids is 1. The third kappa shape index (κ3) is 5.19. The second-order valence-corrected chi connectivity index (χ2v) is 4.91. The fraction of sp³-hybridized carbons (Fsp3) is 0.125. The molecule has 0 bridgehead atoms. The summed E-state index contributed by atoms with van der Waals surface area (Å²) < 4.78 is 10.3. The molecule has 0 aromatic heterocycles. The van der Waals surface area contributed by atoms with E-state index in [-0.39, 0.29) is 12.4 Å². The smallest absolute Gasteiger partial charge is 0.277 e. The van der Waals surface area contributed by atoms with Crippen LogP contribution in [-0.2, 0) is 4.79 Å². The third-order valence-corrected chi connectivity index (χ3v) is 3.01. The Bertz CT molecular complexity index is 719. The van der Waals surface area contributed by atoms with Crippen molar-refractivity contribution >= 4 is 23.7 Å². The fourth-order valence-electron chi connectivity index (χ4n) is 1.69. The number of phenolic OH excluding ortho intramolecular Hbond substituents is 1. The van der Waals surface area contributed by atoms with E-state index in [1.807, 2.05) is 0 Å². The predicted molar refractivity (Wildman–Crippen MR) is 87.3 cm³/mol. The van der Waals surface area contributed by atoms with Crippen molar-refractivity contribution in [3.63, 3.8) is 0 Å². The number of rotatable bonds is 6. The van der Waals surface area contributed by atoms with Crippen molar-refractivity contribution in [2.75, 3.05) is 13.7 Å². The molecule has 0 radical (unpaired) electrons. The number of nitrogens with zero attached hydrogens (tertiary/aromatic N) is 1. The molecular weight excluding hydrogens is 320 g/mol. The van der Waals surface area contributed by atoms with E-state index >= 15 is 0 Å². The van der Waals surface area contributed by atoms with Crippen molar-refractivity contribution in [1.82, 2.24) is 5.43 Å². The number of hydrogen-bond acceptors (Lipinski definition) is 5. The second-order valence-electron chi connectivity index (χ2n) is 4.47. The lowest BCUT2D eigenvalue weighted by Gasteiger charge is -2.05. The number of hydrazone groups is 1. The Hall–Kier alpha value is -2.73. The molecule has 7 heteroatoms. The largest absolute Gasteiger partial charge is 0.504 e. The topological polar surface area (TPSA) is 80.2 Å². The third-order valence-electron chi connectivity index (χ3n) is 2.77. The minimum absolute atomic E-state index is 0.0311. The molecule has 0 saturated carbocycles. The lowest BCUT2D eigenvalue weighted by molar-refractivity contribution is -0.123. The Morgan fingerprint density at radius 1 is 1.35 bits per heavy atom. The number of hydrogen-bond donors (Lipinski definition) is 2. The van der Waals surface area contributed by atoms with E-state index in [0.29, 0.717) is 22.1 Å². The van der Waals surface area contributed by atoms with Crippen LogP contribution in [0.5, 0.6) is 17.2 Å². The SMILES string of the molecule is COc1cc(C=NNC(=O)COc2cccc(Cl)c2)ccc1O. The molecular formula is C16H15ClN2O4. The number of nitrogens with one attached hydrogen (secondary N) is 1. The van der Waals surface area contributed by atoms with Crippen molar-refractivity contribution < 1.29 is 19.4 Å². The summed E-state index contributed by atoms with van der Waals surface area (Å²) >= 11 is 5.82. The van der Waals surface area contributed by atoms with Gasteiger partial charge in [-0.15, -0.1) is 0 Å². The minimum Gasteiger partial charge on any atom is -0.504 e. The molecule has 6 nitrogen and oxygen atoms in total. The fourth-order valence-corrected chi connectivity index (χ4v) is 1.87. The first kappa shape index (κ1) is 16.6. The number of methoxy groups -OCH3 is 1. The van der Waals surface area contributed by atoms with Gasteiger partial charge in [0.05, 0.1) is 13.3 Å². The molecule has 0 spiro atoms. The van der Waals surface area contributed by atoms with Crippen LogP contribution in [0.15, 0.2) is 47.6 Å². The maximum Gasteiger partial charge on any atom is 0.277 e. The molecule has 0 aliphatic carbocycles. The zero-order chi connectivity index (χ0) is 16.7. The highest BCUT2D eigenvalue weighted by Crippen LogP contribution is 2.25. The average Bonchev–Trinajstić information content (AvgIpc) is 2.54. The Balaban J connectivity index is 1.84. The van der Waals surface area contributed by atoms with Gasteiger partial charge in [0, 0.05) is 5.02 Å². The molecule has 120 valence electrons. The molecule has 23 heavy (non-hydrogen) atoms. The van der Waals surface area contributed by atoms with Gasteiger partial charge in [0.15, 0.2) is 18.1 Å². The molecule has 0 aliphatic heterocycles. The number of benzene rings is 2. The molecule has 2 aromatic rings. The molecule has 0 fully saturated rings. The highest BCUT2D eigenvalue weighted by Gasteiger charge is 2.03. The summed E-state index contributed by atoms with van der Waals surface area (Å²) in [5.41, 5.74) is 3.00. The average molecular weight is 335 g/mol. The van der Waals surface area contributed by atoms with Gasteiger partial charge in [-0.05, 0) is 42.0 Å². The van der Waals surface area contributed by atoms with Crippen LogP contribution in [0.3, 0.4) is 0 Å². The summed E-state index contributed by atoms with van der Waals surface area (Å²) in [7, 11) is 1.45. The molecule has 2 aromatic carbocycles. The van der Waals surface area contributed by atoms with Gasteiger partial charge in [-0.3, -0.25) is 4.79 Å². The molecule has 0 unspecified atom stereocenters. The number of ether oxygens (including phenoxy) is 2. The Morgan fingerprint density at radius 2 is 2.17 bits per heavy atom. The quantitative estimate of drug-likeness (QED) is 0.628. The van der Waals surface area contributed by atoms with Crippen LogP contribution in [0.4, 0.5) is 0 Å². The number of phenols is 1. The number of amides is 1. The zero-order valence-corrected chi connectivity index (χ0v) is 13.1. The van der Waals surface area contributed by atoms with E-state index in [0.717, 1.165) is 0 Å². The van der Waals surface area contributed by atoms with Gasteiger partial charge >= 0.3 is 0 Å². The minimum atomic E-state index is -0.410. The molecule has 2 rings (SSSR count). The maximum absolute atomic E-state index is 11.6. The van der Waals surface area contributed by atoms with Crippen molar-refractivity contribution in [3.8, 4) is 17.2 Å². The summed E-state index contributed by atoms with van der Waals surface area (Å²) in [6, 6.07) is 11.5. The van der Waals surface area contributed by atoms with Gasteiger partial charge < -0.3 is 14.6 Å². The number of aromatic hydroxyl groups is 1. The molecule has 0 aliphatic rings. The van der Waals surface area contributed by atoms with Gasteiger partial charge in [0.25, 0.3) is 5.91 Å². The first-order chi connectivity index (χ1) is 11.1. The van der Waals surface area contributed by atoms with Crippen LogP contribution in [0.1, 0.15) is 5.56 Å². The summed E-state index contributed by atoms with van der Waals surface area (Å²) in [4.78, 5) is 11.6. The van der Waals surface area contributed by atoms with Crippen LogP contribution in [0.2, 0.25) is 5.02 Å². The summed E-state index contributed by atoms with van der Waals surface area (Å²) in [5, 5.41) is 13.8. The molecule has 0 heterocycles. The Labute approximate surface area is 138 Å². The molecule has 2 N–H and O–H groups in total. The number of halogens is 1. The van der Waals surface area contributed by atoms with Crippen LogP contribution in [0.25, 0.3) is 0 Å². The van der Waals surface area contributed by atoms with Gasteiger partial charge in [0.1, 0.15) is 5.75 Å². The van der Waals surface area contributed by atoms with E-state index in [2.05, 4.69) is 10.5 Å². The normalized spacial score (nSPS) is 10.5. The maximum atomic E-state index is 11.6. The van der Waals surface area contributed by atoms with Gasteiger partial charge in [-0.1, -0.05) is 17.7 Å². The van der Waals surface area contributed by atoms with Crippen LogP contribution in [-0.4, -0.2) is 30.9 Å². The zero-order valence-electron chi connectivity index (χ0n) is 12.3. The van der Waals surface area contributed by atoms with Gasteiger partial charge in [-0.2, -0.15) is 5.10 Å². The van der Waals surface area contributed by atoms with E-state index < -0.39 is 5.91 Å². The first-order valence-electron chi connectivity index (χ1n) is 6.66. The monoisotopic (exact) mass is 334 g/mol. The summed E-state index contributed by atoms with van der Waals surface area (Å²) in [6.07, 6.45) is 1.43. The van der Waals surface area contributed by atoms with Crippen LogP contribution >= 0.6 is 11.6 Å². The Kier molecular flexibility index (Phi) is 5.82. The van der Waals surface area contributed by atoms with Crippen molar-refractivity contribution in [3.05, 3.63) is 53.1 Å².